The third-order valence-corrected chi connectivity index (χ3v) is 6.58. The maximum Gasteiger partial charge on any atom is 0.166 e. The second-order valence-electron chi connectivity index (χ2n) is 8.16. The Balaban J connectivity index is 1.56. The molecule has 144 valence electrons. The SMILES string of the molecule is C[Si](C)(C)CCOCn1ccc2c(-n3cc4c(n3)CN[C@@H]4CO)ncnc21. The quantitative estimate of drug-likeness (QED) is 0.477. The normalized spacial score (nSPS) is 17.0. The Bertz CT molecular complexity index is 945. The second-order valence-corrected chi connectivity index (χ2v) is 13.8. The first kappa shape index (κ1) is 18.3. The number of hydrogen-bond acceptors (Lipinski definition) is 6. The molecule has 0 saturated carbocycles. The van der Waals surface area contributed by atoms with Crippen molar-refractivity contribution in [3.8, 4) is 5.82 Å². The Hall–Kier alpha value is -2.07. The molecule has 1 aliphatic heterocycles. The van der Waals surface area contributed by atoms with Crippen LogP contribution in [-0.4, -0.2) is 50.7 Å². The van der Waals surface area contributed by atoms with E-state index >= 15 is 0 Å². The van der Waals surface area contributed by atoms with E-state index in [1.54, 1.807) is 11.0 Å². The van der Waals surface area contributed by atoms with Crippen LogP contribution in [0.1, 0.15) is 17.3 Å². The number of rotatable bonds is 7. The fourth-order valence-electron chi connectivity index (χ4n) is 3.27. The van der Waals surface area contributed by atoms with E-state index in [0.717, 1.165) is 40.8 Å². The average molecular weight is 387 g/mol. The first-order chi connectivity index (χ1) is 13.0. The lowest BCUT2D eigenvalue weighted by Gasteiger charge is -2.15. The van der Waals surface area contributed by atoms with Gasteiger partial charge < -0.3 is 19.7 Å². The summed E-state index contributed by atoms with van der Waals surface area (Å²) in [5, 5.41) is 18.3. The van der Waals surface area contributed by atoms with Gasteiger partial charge in [0.05, 0.1) is 23.7 Å². The van der Waals surface area contributed by atoms with Gasteiger partial charge in [0.15, 0.2) is 5.82 Å². The van der Waals surface area contributed by atoms with Crippen molar-refractivity contribution in [3.05, 3.63) is 36.0 Å². The summed E-state index contributed by atoms with van der Waals surface area (Å²) >= 11 is 0. The Labute approximate surface area is 159 Å². The van der Waals surface area contributed by atoms with E-state index in [0.29, 0.717) is 13.3 Å². The van der Waals surface area contributed by atoms with Gasteiger partial charge in [0, 0.05) is 39.2 Å². The van der Waals surface area contributed by atoms with Crippen LogP contribution in [0.2, 0.25) is 25.7 Å². The van der Waals surface area contributed by atoms with Gasteiger partial charge in [-0.25, -0.2) is 14.6 Å². The number of ether oxygens (including phenoxy) is 1. The Kier molecular flexibility index (Phi) is 4.85. The van der Waals surface area contributed by atoms with Gasteiger partial charge in [-0.3, -0.25) is 0 Å². The number of nitrogens with one attached hydrogen (secondary N) is 1. The zero-order valence-corrected chi connectivity index (χ0v) is 17.0. The molecule has 4 heterocycles. The predicted octanol–water partition coefficient (Wildman–Crippen LogP) is 2.07. The van der Waals surface area contributed by atoms with Crippen molar-refractivity contribution < 1.29 is 9.84 Å². The van der Waals surface area contributed by atoms with Gasteiger partial charge in [0.25, 0.3) is 0 Å². The molecule has 9 heteroatoms. The zero-order chi connectivity index (χ0) is 19.0. The Morgan fingerprint density at radius 1 is 1.33 bits per heavy atom. The minimum Gasteiger partial charge on any atom is -0.394 e. The fourth-order valence-corrected chi connectivity index (χ4v) is 4.03. The van der Waals surface area contributed by atoms with Gasteiger partial charge in [-0.2, -0.15) is 5.10 Å². The van der Waals surface area contributed by atoms with E-state index in [2.05, 4.69) is 40.0 Å². The van der Waals surface area contributed by atoms with Crippen LogP contribution in [0.25, 0.3) is 16.9 Å². The molecular weight excluding hydrogens is 360 g/mol. The summed E-state index contributed by atoms with van der Waals surface area (Å²) in [5.41, 5.74) is 2.81. The molecule has 0 amide bonds. The highest BCUT2D eigenvalue weighted by atomic mass is 28.3. The summed E-state index contributed by atoms with van der Waals surface area (Å²) in [6, 6.07) is 3.09. The van der Waals surface area contributed by atoms with Crippen molar-refractivity contribution in [2.75, 3.05) is 13.2 Å². The standard InChI is InChI=1S/C18H26N6O2Si/c1-27(2,3)7-6-26-12-23-5-4-13-17(23)20-11-21-18(13)24-9-14-15(22-24)8-19-16(14)10-25/h4-5,9,11,16,19,25H,6-8,10,12H2,1-3H3/t16-/m1/s1. The van der Waals surface area contributed by atoms with Crippen LogP contribution in [0.15, 0.2) is 24.8 Å². The molecule has 0 spiro atoms. The molecular formula is C18H26N6O2Si. The molecule has 0 aliphatic carbocycles. The van der Waals surface area contributed by atoms with E-state index < -0.39 is 8.07 Å². The zero-order valence-electron chi connectivity index (χ0n) is 16.0. The van der Waals surface area contributed by atoms with Gasteiger partial charge in [-0.05, 0) is 12.1 Å². The molecule has 0 unspecified atom stereocenters. The minimum atomic E-state index is -1.09. The number of fused-ring (bicyclic) bond motifs is 2. The molecule has 1 aliphatic rings. The monoisotopic (exact) mass is 386 g/mol. The molecule has 2 N–H and O–H groups in total. The molecule has 4 rings (SSSR count). The van der Waals surface area contributed by atoms with Gasteiger partial charge in [-0.15, -0.1) is 0 Å². The van der Waals surface area contributed by atoms with Crippen molar-refractivity contribution in [3.63, 3.8) is 0 Å². The number of aliphatic hydroxyl groups is 1. The van der Waals surface area contributed by atoms with Crippen LogP contribution in [0, 0.1) is 0 Å². The van der Waals surface area contributed by atoms with Crippen LogP contribution in [0.5, 0.6) is 0 Å². The van der Waals surface area contributed by atoms with Crippen molar-refractivity contribution >= 4 is 19.1 Å². The molecule has 1 atom stereocenters. The van der Waals surface area contributed by atoms with Crippen LogP contribution >= 0.6 is 0 Å². The van der Waals surface area contributed by atoms with E-state index in [1.165, 1.54) is 0 Å². The van der Waals surface area contributed by atoms with Crippen LogP contribution in [0.4, 0.5) is 0 Å². The first-order valence-electron chi connectivity index (χ1n) is 9.27. The van der Waals surface area contributed by atoms with Gasteiger partial charge in [-0.1, -0.05) is 19.6 Å². The lowest BCUT2D eigenvalue weighted by Crippen LogP contribution is -2.22. The Morgan fingerprint density at radius 2 is 2.19 bits per heavy atom. The van der Waals surface area contributed by atoms with Crippen LogP contribution < -0.4 is 5.32 Å². The number of aromatic nitrogens is 5. The highest BCUT2D eigenvalue weighted by molar-refractivity contribution is 6.76. The van der Waals surface area contributed by atoms with Gasteiger partial charge in [0.1, 0.15) is 18.7 Å². The maximum absolute atomic E-state index is 9.48. The first-order valence-corrected chi connectivity index (χ1v) is 13.0. The van der Waals surface area contributed by atoms with Crippen LogP contribution in [0.3, 0.4) is 0 Å². The molecule has 8 nitrogen and oxygen atoms in total. The second kappa shape index (κ2) is 7.15. The van der Waals surface area contributed by atoms with Gasteiger partial charge >= 0.3 is 0 Å². The smallest absolute Gasteiger partial charge is 0.166 e. The molecule has 3 aromatic heterocycles. The average Bonchev–Trinajstić information content (AvgIpc) is 3.31. The fraction of sp³-hybridized carbons (Fsp3) is 0.500. The lowest BCUT2D eigenvalue weighted by molar-refractivity contribution is 0.0899. The maximum atomic E-state index is 9.48. The third-order valence-electron chi connectivity index (χ3n) is 4.88. The third kappa shape index (κ3) is 3.68. The summed E-state index contributed by atoms with van der Waals surface area (Å²) in [7, 11) is -1.09. The van der Waals surface area contributed by atoms with Crippen molar-refractivity contribution in [1.29, 1.82) is 0 Å². The molecule has 0 radical (unpaired) electrons. The molecule has 0 fully saturated rings. The van der Waals surface area contributed by atoms with Crippen LogP contribution in [-0.2, 0) is 18.0 Å². The van der Waals surface area contributed by atoms with Crippen molar-refractivity contribution in [1.82, 2.24) is 29.6 Å². The van der Waals surface area contributed by atoms with E-state index in [1.807, 2.05) is 23.0 Å². The topological polar surface area (TPSA) is 90.0 Å². The van der Waals surface area contributed by atoms with Crippen molar-refractivity contribution in [2.24, 2.45) is 0 Å². The summed E-state index contributed by atoms with van der Waals surface area (Å²) in [6.45, 7) is 9.01. The lowest BCUT2D eigenvalue weighted by atomic mass is 10.2. The molecule has 27 heavy (non-hydrogen) atoms. The number of hydrogen-bond donors (Lipinski definition) is 2. The highest BCUT2D eigenvalue weighted by Crippen LogP contribution is 2.26. The van der Waals surface area contributed by atoms with E-state index in [4.69, 9.17) is 4.74 Å². The molecule has 0 bridgehead atoms. The largest absolute Gasteiger partial charge is 0.394 e. The van der Waals surface area contributed by atoms with Gasteiger partial charge in [0.2, 0.25) is 0 Å². The van der Waals surface area contributed by atoms with Crippen molar-refractivity contribution in [2.45, 2.75) is 45.0 Å². The summed E-state index contributed by atoms with van der Waals surface area (Å²) in [6.07, 6.45) is 5.48. The summed E-state index contributed by atoms with van der Waals surface area (Å²) in [4.78, 5) is 8.88. The minimum absolute atomic E-state index is 0.0585. The molecule has 0 saturated heterocycles. The highest BCUT2D eigenvalue weighted by Gasteiger charge is 2.25. The summed E-state index contributed by atoms with van der Waals surface area (Å²) in [5.74, 6) is 0.743. The Morgan fingerprint density at radius 3 is 2.96 bits per heavy atom. The predicted molar refractivity (Wildman–Crippen MR) is 105 cm³/mol. The number of aliphatic hydroxyl groups excluding tert-OH is 1. The summed E-state index contributed by atoms with van der Waals surface area (Å²) < 4.78 is 9.65. The van der Waals surface area contributed by atoms with E-state index in [-0.39, 0.29) is 12.6 Å². The molecule has 3 aromatic rings. The molecule has 0 aromatic carbocycles. The van der Waals surface area contributed by atoms with E-state index in [9.17, 15) is 5.11 Å². The number of nitrogens with zero attached hydrogens (tertiary/aromatic N) is 5.